The molecule has 2 aromatic rings. The highest BCUT2D eigenvalue weighted by atomic mass is 32.2. The minimum atomic E-state index is -3.42. The normalized spacial score (nSPS) is 12.1. The van der Waals surface area contributed by atoms with Crippen molar-refractivity contribution in [2.24, 2.45) is 0 Å². The first-order valence-corrected chi connectivity index (χ1v) is 9.99. The van der Waals surface area contributed by atoms with E-state index in [0.717, 1.165) is 12.1 Å². The van der Waals surface area contributed by atoms with E-state index >= 15 is 0 Å². The minimum absolute atomic E-state index is 0.0657. The fraction of sp³-hybridized carbons (Fsp3) is 0.400. The zero-order valence-electron chi connectivity index (χ0n) is 15.7. The number of nitrogens with zero attached hydrogens (tertiary/aromatic N) is 1. The lowest BCUT2D eigenvalue weighted by Crippen LogP contribution is -2.33. The molecule has 4 nitrogen and oxygen atoms in total. The number of benzene rings is 2. The summed E-state index contributed by atoms with van der Waals surface area (Å²) >= 11 is 0. The van der Waals surface area contributed by atoms with E-state index in [1.165, 1.54) is 21.0 Å². The van der Waals surface area contributed by atoms with Gasteiger partial charge in [-0.3, -0.25) is 0 Å². The molecule has 0 aromatic heterocycles. The second-order valence-electron chi connectivity index (χ2n) is 6.79. The average molecular weight is 361 g/mol. The van der Waals surface area contributed by atoms with Crippen LogP contribution in [0.5, 0.6) is 0 Å². The Morgan fingerprint density at radius 2 is 1.64 bits per heavy atom. The van der Waals surface area contributed by atoms with Crippen LogP contribution < -0.4 is 5.32 Å². The Hall–Kier alpha value is -1.69. The van der Waals surface area contributed by atoms with Gasteiger partial charge < -0.3 is 5.32 Å². The average Bonchev–Trinajstić information content (AvgIpc) is 2.56. The third-order valence-electron chi connectivity index (χ3n) is 4.47. The molecule has 0 saturated heterocycles. The van der Waals surface area contributed by atoms with Gasteiger partial charge in [0.25, 0.3) is 0 Å². The van der Waals surface area contributed by atoms with Crippen LogP contribution in [0.2, 0.25) is 0 Å². The molecular formula is C20H28N2O2S. The Balaban J connectivity index is 1.99. The molecule has 0 heterocycles. The SMILES string of the molecule is Cc1ccc(CNCc2ccc(S(=O)(=O)N(C)C(C)C)cc2)c(C)c1. The van der Waals surface area contributed by atoms with Gasteiger partial charge in [0.05, 0.1) is 4.90 Å². The molecular weight excluding hydrogens is 332 g/mol. The van der Waals surface area contributed by atoms with Gasteiger partial charge in [0, 0.05) is 26.2 Å². The highest BCUT2D eigenvalue weighted by molar-refractivity contribution is 7.89. The van der Waals surface area contributed by atoms with Crippen LogP contribution in [-0.4, -0.2) is 25.8 Å². The maximum atomic E-state index is 12.5. The first kappa shape index (κ1) is 19.6. The Labute approximate surface area is 151 Å². The van der Waals surface area contributed by atoms with Gasteiger partial charge in [-0.1, -0.05) is 35.9 Å². The number of aryl methyl sites for hydroxylation is 2. The number of hydrogen-bond donors (Lipinski definition) is 1. The molecule has 25 heavy (non-hydrogen) atoms. The van der Waals surface area contributed by atoms with Crippen LogP contribution in [0.1, 0.15) is 36.1 Å². The maximum absolute atomic E-state index is 12.5. The van der Waals surface area contributed by atoms with Gasteiger partial charge in [-0.15, -0.1) is 0 Å². The molecule has 0 unspecified atom stereocenters. The maximum Gasteiger partial charge on any atom is 0.243 e. The first-order valence-electron chi connectivity index (χ1n) is 8.55. The lowest BCUT2D eigenvalue weighted by molar-refractivity contribution is 0.410. The van der Waals surface area contributed by atoms with Crippen molar-refractivity contribution in [3.05, 3.63) is 64.7 Å². The van der Waals surface area contributed by atoms with Crippen molar-refractivity contribution in [2.45, 2.75) is 51.7 Å². The summed E-state index contributed by atoms with van der Waals surface area (Å²) in [7, 11) is -1.80. The Kier molecular flexibility index (Phi) is 6.38. The van der Waals surface area contributed by atoms with Crippen molar-refractivity contribution in [1.29, 1.82) is 0 Å². The molecule has 0 amide bonds. The van der Waals surface area contributed by atoms with Crippen molar-refractivity contribution in [3.8, 4) is 0 Å². The van der Waals surface area contributed by atoms with E-state index in [1.807, 2.05) is 26.0 Å². The molecule has 0 atom stereocenters. The van der Waals surface area contributed by atoms with Crippen molar-refractivity contribution in [1.82, 2.24) is 9.62 Å². The molecule has 0 spiro atoms. The number of nitrogens with one attached hydrogen (secondary N) is 1. The fourth-order valence-electron chi connectivity index (χ4n) is 2.61. The molecule has 0 radical (unpaired) electrons. The van der Waals surface area contributed by atoms with Crippen LogP contribution in [-0.2, 0) is 23.1 Å². The predicted octanol–water partition coefficient (Wildman–Crippen LogP) is 3.62. The van der Waals surface area contributed by atoms with E-state index in [2.05, 4.69) is 37.4 Å². The van der Waals surface area contributed by atoms with Crippen molar-refractivity contribution < 1.29 is 8.42 Å². The van der Waals surface area contributed by atoms with Gasteiger partial charge in [0.15, 0.2) is 0 Å². The zero-order valence-corrected chi connectivity index (χ0v) is 16.5. The third-order valence-corrected chi connectivity index (χ3v) is 6.52. The Morgan fingerprint density at radius 3 is 2.20 bits per heavy atom. The molecule has 2 aromatic carbocycles. The number of hydrogen-bond acceptors (Lipinski definition) is 3. The third kappa shape index (κ3) is 4.91. The van der Waals surface area contributed by atoms with Crippen LogP contribution >= 0.6 is 0 Å². The van der Waals surface area contributed by atoms with Crippen LogP contribution in [0.3, 0.4) is 0 Å². The number of sulfonamides is 1. The van der Waals surface area contributed by atoms with Gasteiger partial charge in [-0.25, -0.2) is 8.42 Å². The molecule has 0 fully saturated rings. The fourth-order valence-corrected chi connectivity index (χ4v) is 3.98. The van der Waals surface area contributed by atoms with Gasteiger partial charge in [0.2, 0.25) is 10.0 Å². The van der Waals surface area contributed by atoms with E-state index in [9.17, 15) is 8.42 Å². The monoisotopic (exact) mass is 360 g/mol. The van der Waals surface area contributed by atoms with E-state index < -0.39 is 10.0 Å². The molecule has 5 heteroatoms. The van der Waals surface area contributed by atoms with Crippen molar-refractivity contribution in [3.63, 3.8) is 0 Å². The molecule has 136 valence electrons. The second kappa shape index (κ2) is 8.13. The summed E-state index contributed by atoms with van der Waals surface area (Å²) in [4.78, 5) is 0.335. The van der Waals surface area contributed by atoms with E-state index in [1.54, 1.807) is 19.2 Å². The Bertz CT molecular complexity index is 812. The molecule has 0 saturated carbocycles. The van der Waals surface area contributed by atoms with E-state index in [-0.39, 0.29) is 6.04 Å². The highest BCUT2D eigenvalue weighted by Gasteiger charge is 2.22. The summed E-state index contributed by atoms with van der Waals surface area (Å²) in [5, 5.41) is 3.42. The highest BCUT2D eigenvalue weighted by Crippen LogP contribution is 2.17. The summed E-state index contributed by atoms with van der Waals surface area (Å²) in [6.45, 7) is 9.44. The van der Waals surface area contributed by atoms with Gasteiger partial charge in [0.1, 0.15) is 0 Å². The molecule has 0 aliphatic heterocycles. The standard InChI is InChI=1S/C20H28N2O2S/c1-15(2)22(5)25(23,24)20-10-7-18(8-11-20)13-21-14-19-9-6-16(3)12-17(19)4/h6-12,15,21H,13-14H2,1-5H3. The molecule has 1 N–H and O–H groups in total. The summed E-state index contributed by atoms with van der Waals surface area (Å²) in [5.74, 6) is 0. The van der Waals surface area contributed by atoms with Crippen LogP contribution in [0.15, 0.2) is 47.4 Å². The smallest absolute Gasteiger partial charge is 0.243 e. The first-order chi connectivity index (χ1) is 11.7. The minimum Gasteiger partial charge on any atom is -0.309 e. The summed E-state index contributed by atoms with van der Waals surface area (Å²) in [6, 6.07) is 13.5. The summed E-state index contributed by atoms with van der Waals surface area (Å²) < 4.78 is 26.3. The second-order valence-corrected chi connectivity index (χ2v) is 8.79. The zero-order chi connectivity index (χ0) is 18.6. The van der Waals surface area contributed by atoms with Crippen molar-refractivity contribution >= 4 is 10.0 Å². The van der Waals surface area contributed by atoms with Gasteiger partial charge >= 0.3 is 0 Å². The Morgan fingerprint density at radius 1 is 1.00 bits per heavy atom. The quantitative estimate of drug-likeness (QED) is 0.820. The van der Waals surface area contributed by atoms with Crippen LogP contribution in [0.4, 0.5) is 0 Å². The predicted molar refractivity (Wildman–Crippen MR) is 103 cm³/mol. The molecule has 0 aliphatic carbocycles. The summed E-state index contributed by atoms with van der Waals surface area (Å²) in [5.41, 5.74) is 4.90. The van der Waals surface area contributed by atoms with Crippen LogP contribution in [0, 0.1) is 13.8 Å². The van der Waals surface area contributed by atoms with E-state index in [4.69, 9.17) is 0 Å². The molecule has 0 aliphatic rings. The topological polar surface area (TPSA) is 49.4 Å². The van der Waals surface area contributed by atoms with E-state index in [0.29, 0.717) is 11.4 Å². The van der Waals surface area contributed by atoms with Gasteiger partial charge in [-0.05, 0) is 56.5 Å². The largest absolute Gasteiger partial charge is 0.309 e. The van der Waals surface area contributed by atoms with Crippen molar-refractivity contribution in [2.75, 3.05) is 7.05 Å². The summed E-state index contributed by atoms with van der Waals surface area (Å²) in [6.07, 6.45) is 0. The van der Waals surface area contributed by atoms with Gasteiger partial charge in [-0.2, -0.15) is 4.31 Å². The molecule has 2 rings (SSSR count). The van der Waals surface area contributed by atoms with Crippen LogP contribution in [0.25, 0.3) is 0 Å². The molecule has 0 bridgehead atoms. The lowest BCUT2D eigenvalue weighted by Gasteiger charge is -2.21. The lowest BCUT2D eigenvalue weighted by atomic mass is 10.1. The number of rotatable bonds is 7.